The van der Waals surface area contributed by atoms with E-state index in [0.717, 1.165) is 11.7 Å². The number of nitrogens with one attached hydrogen (secondary N) is 1. The van der Waals surface area contributed by atoms with Gasteiger partial charge in [0.1, 0.15) is 18.1 Å². The molecule has 0 bridgehead atoms. The summed E-state index contributed by atoms with van der Waals surface area (Å²) in [6.45, 7) is 1.34. The van der Waals surface area contributed by atoms with Gasteiger partial charge < -0.3 is 24.6 Å². The fraction of sp³-hybridized carbons (Fsp3) is 0.444. The number of rotatable bonds is 4. The van der Waals surface area contributed by atoms with Gasteiger partial charge in [0.05, 0.1) is 6.61 Å². The van der Waals surface area contributed by atoms with E-state index in [-0.39, 0.29) is 30.8 Å². The van der Waals surface area contributed by atoms with Crippen LogP contribution in [-0.2, 0) is 25.0 Å². The highest BCUT2D eigenvalue weighted by Gasteiger charge is 2.50. The predicted molar refractivity (Wildman–Crippen MR) is 110 cm³/mol. The van der Waals surface area contributed by atoms with E-state index in [4.69, 9.17) is 35.0 Å². The minimum absolute atomic E-state index is 0.0501. The second-order valence-corrected chi connectivity index (χ2v) is 8.90. The molecule has 4 rings (SSSR count). The van der Waals surface area contributed by atoms with Crippen LogP contribution in [0.5, 0.6) is 5.75 Å². The number of ether oxygens (including phenoxy) is 1. The van der Waals surface area contributed by atoms with E-state index in [2.05, 4.69) is 4.98 Å². The molecule has 2 aliphatic rings. The normalized spacial score (nSPS) is 24.8. The van der Waals surface area contributed by atoms with Gasteiger partial charge in [0.25, 0.3) is 5.56 Å². The lowest BCUT2D eigenvalue weighted by molar-refractivity contribution is -0.349. The maximum atomic E-state index is 12.8. The number of nitrogens with zero attached hydrogens (tertiary/aromatic N) is 1. The lowest BCUT2D eigenvalue weighted by atomic mass is 10.2. The fourth-order valence-electron chi connectivity index (χ4n) is 3.21. The summed E-state index contributed by atoms with van der Waals surface area (Å²) in [6.07, 6.45) is -0.698. The minimum atomic E-state index is -4.39. The third kappa shape index (κ3) is 5.13. The zero-order valence-electron chi connectivity index (χ0n) is 17.1. The molecule has 2 aliphatic heterocycles. The summed E-state index contributed by atoms with van der Waals surface area (Å²) in [5.41, 5.74) is -0.437. The number of phosphoric acid groups is 1. The van der Waals surface area contributed by atoms with E-state index in [1.807, 2.05) is 0 Å². The lowest BCUT2D eigenvalue weighted by Crippen LogP contribution is -2.45. The fourth-order valence-corrected chi connectivity index (χ4v) is 4.71. The third-order valence-corrected chi connectivity index (χ3v) is 6.32. The number of aryl methyl sites for hydroxylation is 1. The van der Waals surface area contributed by atoms with E-state index in [1.54, 1.807) is 6.07 Å². The molecule has 32 heavy (non-hydrogen) atoms. The van der Waals surface area contributed by atoms with Gasteiger partial charge in [-0.3, -0.25) is 18.9 Å². The largest absolute Gasteiger partial charge is 0.534 e. The molecule has 4 N–H and O–H groups in total. The molecule has 14 heteroatoms. The Kier molecular flexibility index (Phi) is 7.28. The first-order valence-corrected chi connectivity index (χ1v) is 11.2. The molecule has 3 heterocycles. The Hall–Kier alpha value is -2.02. The number of fused-ring (bicyclic) bond motifs is 1. The van der Waals surface area contributed by atoms with Crippen molar-refractivity contribution in [1.82, 2.24) is 9.55 Å². The quantitative estimate of drug-likeness (QED) is 0.358. The van der Waals surface area contributed by atoms with Crippen LogP contribution in [-0.4, -0.2) is 44.1 Å². The van der Waals surface area contributed by atoms with Crippen molar-refractivity contribution in [2.24, 2.45) is 0 Å². The molecule has 2 aromatic rings. The van der Waals surface area contributed by atoms with Crippen molar-refractivity contribution in [3.8, 4) is 5.75 Å². The molecule has 0 amide bonds. The number of H-pyrrole nitrogens is 1. The second kappa shape index (κ2) is 9.46. The summed E-state index contributed by atoms with van der Waals surface area (Å²) in [4.78, 5) is 25.7. The van der Waals surface area contributed by atoms with Gasteiger partial charge in [-0.25, -0.2) is 13.9 Å². The van der Waals surface area contributed by atoms with Gasteiger partial charge >= 0.3 is 19.5 Å². The molecule has 1 aromatic carbocycles. The SMILES string of the molecule is CO.Cc1cn(C2CCC(C(O)(O)OP3(=O)OCc4cc(Cl)ccc4O3)O2)c(=O)[nH]c1=O. The Morgan fingerprint density at radius 1 is 1.28 bits per heavy atom. The van der Waals surface area contributed by atoms with Crippen molar-refractivity contribution < 1.29 is 38.2 Å². The highest BCUT2D eigenvalue weighted by Crippen LogP contribution is 2.57. The first kappa shape index (κ1) is 24.6. The Morgan fingerprint density at radius 3 is 2.72 bits per heavy atom. The van der Waals surface area contributed by atoms with E-state index >= 15 is 0 Å². The van der Waals surface area contributed by atoms with Crippen molar-refractivity contribution in [2.75, 3.05) is 7.11 Å². The second-order valence-electron chi connectivity index (χ2n) is 6.95. The summed E-state index contributed by atoms with van der Waals surface area (Å²) in [5.74, 6) is -2.86. The average Bonchev–Trinajstić information content (AvgIpc) is 3.23. The van der Waals surface area contributed by atoms with E-state index < -0.39 is 37.4 Å². The summed E-state index contributed by atoms with van der Waals surface area (Å²) >= 11 is 5.88. The van der Waals surface area contributed by atoms with Crippen molar-refractivity contribution in [3.63, 3.8) is 0 Å². The number of aromatic nitrogens is 2. The zero-order chi connectivity index (χ0) is 23.7. The zero-order valence-corrected chi connectivity index (χ0v) is 18.7. The topological polar surface area (TPSA) is 170 Å². The van der Waals surface area contributed by atoms with Crippen LogP contribution in [0, 0.1) is 6.92 Å². The van der Waals surface area contributed by atoms with E-state index in [0.29, 0.717) is 10.6 Å². The summed E-state index contributed by atoms with van der Waals surface area (Å²) < 4.78 is 34.6. The van der Waals surface area contributed by atoms with E-state index in [9.17, 15) is 24.4 Å². The number of aromatic amines is 1. The lowest BCUT2D eigenvalue weighted by Gasteiger charge is -2.32. The van der Waals surface area contributed by atoms with Gasteiger partial charge in [0, 0.05) is 29.5 Å². The first-order valence-electron chi connectivity index (χ1n) is 9.37. The van der Waals surface area contributed by atoms with Crippen LogP contribution in [0.1, 0.15) is 30.2 Å². The van der Waals surface area contributed by atoms with Crippen LogP contribution in [0.2, 0.25) is 5.02 Å². The van der Waals surface area contributed by atoms with Crippen molar-refractivity contribution in [2.45, 2.75) is 44.7 Å². The van der Waals surface area contributed by atoms with Gasteiger partial charge in [-0.05, 0) is 38.0 Å². The highest BCUT2D eigenvalue weighted by molar-refractivity contribution is 7.49. The Labute approximate surface area is 186 Å². The molecule has 1 saturated heterocycles. The molecule has 3 atom stereocenters. The minimum Gasteiger partial charge on any atom is -0.404 e. The van der Waals surface area contributed by atoms with Crippen LogP contribution in [0.15, 0.2) is 34.0 Å². The summed E-state index contributed by atoms with van der Waals surface area (Å²) in [7, 11) is -3.39. The van der Waals surface area contributed by atoms with Gasteiger partial charge in [0.2, 0.25) is 0 Å². The molecule has 0 spiro atoms. The molecule has 3 unspecified atom stereocenters. The summed E-state index contributed by atoms with van der Waals surface area (Å²) in [5, 5.41) is 28.2. The molecule has 0 radical (unpaired) electrons. The molecular formula is C18H22ClN2O10P. The van der Waals surface area contributed by atoms with Gasteiger partial charge in [-0.1, -0.05) is 11.6 Å². The highest BCUT2D eigenvalue weighted by atomic mass is 35.5. The Morgan fingerprint density at radius 2 is 2.00 bits per heavy atom. The number of halogens is 1. The number of phosphoric ester groups is 1. The number of hydrogen-bond donors (Lipinski definition) is 4. The number of benzene rings is 1. The Balaban J connectivity index is 0.00000141. The average molecular weight is 493 g/mol. The standard InChI is InChI=1S/C17H18ClN2O9P.CH4O/c1-9-7-20(16(22)19-15(9)21)14-5-4-13(27-14)17(23,24)29-30(25)26-8-10-6-11(18)2-3-12(10)28-30;1-2/h2-3,6-7,13-14,23-24H,4-5,8H2,1H3,(H,19,21,22);2H,1H3. The Bertz CT molecular complexity index is 1150. The number of hydrogen-bond acceptors (Lipinski definition) is 10. The van der Waals surface area contributed by atoms with Crippen molar-refractivity contribution in [1.29, 1.82) is 0 Å². The third-order valence-electron chi connectivity index (χ3n) is 4.73. The van der Waals surface area contributed by atoms with Crippen molar-refractivity contribution >= 4 is 19.4 Å². The van der Waals surface area contributed by atoms with Crippen LogP contribution in [0.3, 0.4) is 0 Å². The van der Waals surface area contributed by atoms with Crippen molar-refractivity contribution in [3.05, 3.63) is 61.4 Å². The van der Waals surface area contributed by atoms with Crippen LogP contribution in [0.4, 0.5) is 0 Å². The molecule has 0 aliphatic carbocycles. The van der Waals surface area contributed by atoms with Crippen LogP contribution in [0.25, 0.3) is 0 Å². The predicted octanol–water partition coefficient (Wildman–Crippen LogP) is 1.16. The maximum absolute atomic E-state index is 12.8. The van der Waals surface area contributed by atoms with Gasteiger partial charge in [-0.15, -0.1) is 0 Å². The first-order chi connectivity index (χ1) is 15.1. The molecule has 12 nitrogen and oxygen atoms in total. The van der Waals surface area contributed by atoms with Crippen LogP contribution >= 0.6 is 19.4 Å². The van der Waals surface area contributed by atoms with Gasteiger partial charge in [-0.2, -0.15) is 0 Å². The number of aliphatic hydroxyl groups excluding tert-OH is 1. The molecular weight excluding hydrogens is 471 g/mol. The van der Waals surface area contributed by atoms with Gasteiger partial charge in [0.15, 0.2) is 0 Å². The summed E-state index contributed by atoms with van der Waals surface area (Å²) in [6, 6.07) is 4.52. The van der Waals surface area contributed by atoms with E-state index in [1.165, 1.54) is 25.3 Å². The molecule has 1 aromatic heterocycles. The van der Waals surface area contributed by atoms with Crippen LogP contribution < -0.4 is 15.8 Å². The molecule has 0 saturated carbocycles. The monoisotopic (exact) mass is 492 g/mol. The smallest absolute Gasteiger partial charge is 0.404 e. The molecule has 1 fully saturated rings. The maximum Gasteiger partial charge on any atom is 0.534 e. The molecule has 176 valence electrons. The number of aliphatic hydroxyl groups is 3.